The fraction of sp³-hybridized carbons (Fsp3) is 0.615. The third-order valence-corrected chi connectivity index (χ3v) is 3.63. The van der Waals surface area contributed by atoms with Crippen LogP contribution >= 0.6 is 11.8 Å². The van der Waals surface area contributed by atoms with Gasteiger partial charge in [-0.25, -0.2) is 4.79 Å². The second-order valence-electron chi connectivity index (χ2n) is 4.76. The van der Waals surface area contributed by atoms with Crippen molar-refractivity contribution in [2.75, 3.05) is 0 Å². The fourth-order valence-electron chi connectivity index (χ4n) is 1.49. The SMILES string of the molecule is CC1=C(C(=O)OC(C)C)SC(C(=O)OC(C)C)C1=O. The van der Waals surface area contributed by atoms with E-state index in [1.165, 1.54) is 6.92 Å². The standard InChI is InChI=1S/C13H18O5S/c1-6(2)17-12(15)10-8(5)9(14)11(19-10)13(16)18-7(3)4/h6-7,11H,1-5H3. The van der Waals surface area contributed by atoms with Crippen molar-refractivity contribution in [2.45, 2.75) is 52.1 Å². The lowest BCUT2D eigenvalue weighted by Gasteiger charge is -2.12. The van der Waals surface area contributed by atoms with Gasteiger partial charge in [-0.3, -0.25) is 9.59 Å². The molecule has 0 aliphatic carbocycles. The average molecular weight is 286 g/mol. The summed E-state index contributed by atoms with van der Waals surface area (Å²) >= 11 is 0.908. The van der Waals surface area contributed by atoms with Crippen molar-refractivity contribution < 1.29 is 23.9 Å². The predicted octanol–water partition coefficient (Wildman–Crippen LogP) is 1.85. The molecule has 1 aliphatic rings. The number of thioether (sulfide) groups is 1. The van der Waals surface area contributed by atoms with Crippen LogP contribution in [0.1, 0.15) is 34.6 Å². The van der Waals surface area contributed by atoms with Crippen LogP contribution in [0.25, 0.3) is 0 Å². The van der Waals surface area contributed by atoms with Gasteiger partial charge in [0.1, 0.15) is 4.91 Å². The Hall–Kier alpha value is -1.30. The van der Waals surface area contributed by atoms with Crippen molar-refractivity contribution in [2.24, 2.45) is 0 Å². The second-order valence-corrected chi connectivity index (χ2v) is 5.87. The van der Waals surface area contributed by atoms with E-state index in [9.17, 15) is 14.4 Å². The van der Waals surface area contributed by atoms with E-state index in [1.54, 1.807) is 27.7 Å². The highest BCUT2D eigenvalue weighted by Gasteiger charge is 2.41. The molecule has 0 spiro atoms. The van der Waals surface area contributed by atoms with E-state index < -0.39 is 17.2 Å². The third-order valence-electron chi connectivity index (χ3n) is 2.28. The van der Waals surface area contributed by atoms with E-state index in [-0.39, 0.29) is 28.5 Å². The second kappa shape index (κ2) is 6.23. The molecule has 106 valence electrons. The number of ether oxygens (including phenoxy) is 2. The molecule has 1 unspecified atom stereocenters. The smallest absolute Gasteiger partial charge is 0.345 e. The summed E-state index contributed by atoms with van der Waals surface area (Å²) < 4.78 is 10.0. The van der Waals surface area contributed by atoms with Crippen molar-refractivity contribution in [3.05, 3.63) is 10.5 Å². The topological polar surface area (TPSA) is 69.7 Å². The van der Waals surface area contributed by atoms with E-state index in [4.69, 9.17) is 9.47 Å². The molecule has 0 aromatic rings. The molecule has 5 nitrogen and oxygen atoms in total. The molecule has 0 fully saturated rings. The Labute approximate surface area is 116 Å². The molecule has 0 saturated heterocycles. The van der Waals surface area contributed by atoms with Gasteiger partial charge in [0.05, 0.1) is 12.2 Å². The number of esters is 2. The van der Waals surface area contributed by atoms with E-state index in [1.807, 2.05) is 0 Å². The van der Waals surface area contributed by atoms with E-state index in [2.05, 4.69) is 0 Å². The van der Waals surface area contributed by atoms with Crippen LogP contribution in [0.3, 0.4) is 0 Å². The summed E-state index contributed by atoms with van der Waals surface area (Å²) in [6.07, 6.45) is -0.571. The maximum Gasteiger partial charge on any atom is 0.345 e. The van der Waals surface area contributed by atoms with E-state index >= 15 is 0 Å². The molecule has 1 rings (SSSR count). The lowest BCUT2D eigenvalue weighted by Crippen LogP contribution is -2.28. The van der Waals surface area contributed by atoms with Gasteiger partial charge in [0.2, 0.25) is 0 Å². The Morgan fingerprint density at radius 3 is 2.11 bits per heavy atom. The first-order valence-electron chi connectivity index (χ1n) is 6.07. The van der Waals surface area contributed by atoms with Crippen LogP contribution in [0, 0.1) is 0 Å². The maximum absolute atomic E-state index is 11.9. The van der Waals surface area contributed by atoms with Gasteiger partial charge < -0.3 is 9.47 Å². The number of carbonyl (C=O) groups is 3. The predicted molar refractivity (Wildman–Crippen MR) is 71.5 cm³/mol. The summed E-state index contributed by atoms with van der Waals surface area (Å²) in [4.78, 5) is 35.7. The summed E-state index contributed by atoms with van der Waals surface area (Å²) in [6.45, 7) is 8.38. The van der Waals surface area contributed by atoms with Crippen molar-refractivity contribution >= 4 is 29.5 Å². The fourth-order valence-corrected chi connectivity index (χ4v) is 2.58. The van der Waals surface area contributed by atoms with Crippen LogP contribution in [0.15, 0.2) is 10.5 Å². The van der Waals surface area contributed by atoms with Crippen molar-refractivity contribution in [1.82, 2.24) is 0 Å². The Morgan fingerprint density at radius 2 is 1.63 bits per heavy atom. The van der Waals surface area contributed by atoms with Crippen LogP contribution in [0.4, 0.5) is 0 Å². The zero-order chi connectivity index (χ0) is 14.7. The van der Waals surface area contributed by atoms with Gasteiger partial charge in [-0.2, -0.15) is 0 Å². The van der Waals surface area contributed by atoms with Gasteiger partial charge in [0, 0.05) is 5.57 Å². The summed E-state index contributed by atoms with van der Waals surface area (Å²) in [5.74, 6) is -1.56. The van der Waals surface area contributed by atoms with Gasteiger partial charge in [-0.1, -0.05) is 11.8 Å². The number of hydrogen-bond acceptors (Lipinski definition) is 6. The Morgan fingerprint density at radius 1 is 1.11 bits per heavy atom. The number of allylic oxidation sites excluding steroid dienone is 1. The average Bonchev–Trinajstić information content (AvgIpc) is 2.54. The first-order valence-corrected chi connectivity index (χ1v) is 6.95. The highest BCUT2D eigenvalue weighted by Crippen LogP contribution is 2.36. The minimum absolute atomic E-state index is 0.199. The summed E-state index contributed by atoms with van der Waals surface area (Å²) in [5, 5.41) is -0.989. The normalized spacial score (nSPS) is 19.3. The van der Waals surface area contributed by atoms with E-state index in [0.29, 0.717) is 0 Å². The van der Waals surface area contributed by atoms with Crippen molar-refractivity contribution in [1.29, 1.82) is 0 Å². The molecule has 0 radical (unpaired) electrons. The van der Waals surface area contributed by atoms with Crippen LogP contribution in [0.2, 0.25) is 0 Å². The lowest BCUT2D eigenvalue weighted by atomic mass is 10.1. The Kier molecular flexibility index (Phi) is 5.17. The van der Waals surface area contributed by atoms with Crippen LogP contribution in [-0.2, 0) is 23.9 Å². The number of ketones is 1. The molecule has 0 aromatic heterocycles. The number of hydrogen-bond donors (Lipinski definition) is 0. The first kappa shape index (κ1) is 15.8. The van der Waals surface area contributed by atoms with Gasteiger partial charge >= 0.3 is 11.9 Å². The number of carbonyl (C=O) groups excluding carboxylic acids is 3. The van der Waals surface area contributed by atoms with Gasteiger partial charge in [-0.05, 0) is 34.6 Å². The monoisotopic (exact) mass is 286 g/mol. The zero-order valence-corrected chi connectivity index (χ0v) is 12.5. The number of Topliss-reactive ketones (excluding diaryl/α,β-unsaturated/α-hetero) is 1. The summed E-state index contributed by atoms with van der Waals surface area (Å²) in [7, 11) is 0. The largest absolute Gasteiger partial charge is 0.462 e. The molecular weight excluding hydrogens is 268 g/mol. The lowest BCUT2D eigenvalue weighted by molar-refractivity contribution is -0.148. The first-order chi connectivity index (χ1) is 8.73. The molecule has 0 saturated carbocycles. The molecule has 1 heterocycles. The van der Waals surface area contributed by atoms with Gasteiger partial charge in [-0.15, -0.1) is 0 Å². The molecule has 0 amide bonds. The highest BCUT2D eigenvalue weighted by molar-refractivity contribution is 8.06. The minimum atomic E-state index is -0.989. The molecule has 0 aromatic carbocycles. The van der Waals surface area contributed by atoms with Crippen molar-refractivity contribution in [3.8, 4) is 0 Å². The maximum atomic E-state index is 11.9. The molecule has 0 bridgehead atoms. The molecule has 19 heavy (non-hydrogen) atoms. The summed E-state index contributed by atoms with van der Waals surface area (Å²) in [6, 6.07) is 0. The molecule has 0 N–H and O–H groups in total. The summed E-state index contributed by atoms with van der Waals surface area (Å²) in [5.41, 5.74) is 0.265. The molecule has 1 atom stereocenters. The molecular formula is C13H18O5S. The quantitative estimate of drug-likeness (QED) is 0.580. The van der Waals surface area contributed by atoms with Gasteiger partial charge in [0.25, 0.3) is 0 Å². The third kappa shape index (κ3) is 3.83. The van der Waals surface area contributed by atoms with E-state index in [0.717, 1.165) is 11.8 Å². The van der Waals surface area contributed by atoms with Gasteiger partial charge in [0.15, 0.2) is 11.0 Å². The zero-order valence-electron chi connectivity index (χ0n) is 11.7. The molecule has 1 aliphatic heterocycles. The van der Waals surface area contributed by atoms with Crippen molar-refractivity contribution in [3.63, 3.8) is 0 Å². The number of rotatable bonds is 4. The van der Waals surface area contributed by atoms with Crippen LogP contribution < -0.4 is 0 Å². The van der Waals surface area contributed by atoms with Crippen LogP contribution in [-0.4, -0.2) is 35.2 Å². The Bertz CT molecular complexity index is 436. The molecule has 6 heteroatoms. The highest BCUT2D eigenvalue weighted by atomic mass is 32.2. The van der Waals surface area contributed by atoms with Crippen LogP contribution in [0.5, 0.6) is 0 Å². The minimum Gasteiger partial charge on any atom is -0.462 e. The Balaban J connectivity index is 2.81.